The van der Waals surface area contributed by atoms with Crippen LogP contribution in [0.5, 0.6) is 5.88 Å². The number of carbonyl (C=O) groups excluding carboxylic acids is 1. The van der Waals surface area contributed by atoms with Crippen LogP contribution in [0.4, 0.5) is 24.8 Å². The fourth-order valence-corrected chi connectivity index (χ4v) is 3.96. The van der Waals surface area contributed by atoms with Crippen molar-refractivity contribution in [3.8, 4) is 5.88 Å². The Labute approximate surface area is 201 Å². The predicted octanol–water partition coefficient (Wildman–Crippen LogP) is 4.32. The highest BCUT2D eigenvalue weighted by Crippen LogP contribution is 2.32. The molecule has 0 aliphatic carbocycles. The minimum Gasteiger partial charge on any atom is -0.480 e. The molecule has 1 aliphatic rings. The van der Waals surface area contributed by atoms with Gasteiger partial charge in [-0.15, -0.1) is 0 Å². The maximum atomic E-state index is 13.1. The van der Waals surface area contributed by atoms with Crippen molar-refractivity contribution < 1.29 is 22.7 Å². The van der Waals surface area contributed by atoms with Crippen molar-refractivity contribution in [2.24, 2.45) is 0 Å². The summed E-state index contributed by atoms with van der Waals surface area (Å²) in [5, 5.41) is 2.93. The number of piperazine rings is 1. The number of anilines is 2. The van der Waals surface area contributed by atoms with E-state index in [1.54, 1.807) is 6.07 Å². The summed E-state index contributed by atoms with van der Waals surface area (Å²) in [6.45, 7) is 3.92. The van der Waals surface area contributed by atoms with Gasteiger partial charge in [-0.05, 0) is 30.7 Å². The summed E-state index contributed by atoms with van der Waals surface area (Å²) in [4.78, 5) is 25.4. The number of nitrogens with one attached hydrogen (secondary N) is 1. The first-order chi connectivity index (χ1) is 16.8. The summed E-state index contributed by atoms with van der Waals surface area (Å²) in [7, 11) is 1.44. The van der Waals surface area contributed by atoms with E-state index in [1.807, 2.05) is 47.1 Å². The number of amides is 1. The van der Waals surface area contributed by atoms with Crippen molar-refractivity contribution in [3.63, 3.8) is 0 Å². The molecular formula is C25H26F3N5O2. The van der Waals surface area contributed by atoms with E-state index in [9.17, 15) is 18.0 Å². The molecule has 0 saturated carbocycles. The maximum Gasteiger partial charge on any atom is 0.416 e. The molecule has 184 valence electrons. The van der Waals surface area contributed by atoms with Crippen LogP contribution in [0.25, 0.3) is 0 Å². The molecule has 0 bridgehead atoms. The van der Waals surface area contributed by atoms with E-state index in [4.69, 9.17) is 4.74 Å². The van der Waals surface area contributed by atoms with Crippen molar-refractivity contribution >= 4 is 17.5 Å². The van der Waals surface area contributed by atoms with E-state index in [0.29, 0.717) is 37.8 Å². The van der Waals surface area contributed by atoms with Gasteiger partial charge in [0.25, 0.3) is 5.91 Å². The maximum absolute atomic E-state index is 13.1. The number of hydrogen-bond donors (Lipinski definition) is 1. The topological polar surface area (TPSA) is 70.6 Å². The van der Waals surface area contributed by atoms with Crippen LogP contribution in [0.3, 0.4) is 0 Å². The normalized spacial score (nSPS) is 15.0. The molecule has 1 atom stereocenters. The second kappa shape index (κ2) is 10.2. The second-order valence-electron chi connectivity index (χ2n) is 8.22. The first-order valence-electron chi connectivity index (χ1n) is 11.2. The molecule has 2 aromatic carbocycles. The number of benzene rings is 2. The number of methoxy groups -OCH3 is 1. The molecule has 1 aromatic heterocycles. The fourth-order valence-electron chi connectivity index (χ4n) is 3.96. The largest absolute Gasteiger partial charge is 0.480 e. The molecule has 7 nitrogen and oxygen atoms in total. The third kappa shape index (κ3) is 5.64. The lowest BCUT2D eigenvalue weighted by molar-refractivity contribution is -0.137. The minimum atomic E-state index is -4.38. The van der Waals surface area contributed by atoms with Crippen LogP contribution in [0.2, 0.25) is 0 Å². The molecular weight excluding hydrogens is 459 g/mol. The zero-order chi connectivity index (χ0) is 25.0. The van der Waals surface area contributed by atoms with Crippen LogP contribution < -0.4 is 19.9 Å². The third-order valence-electron chi connectivity index (χ3n) is 5.93. The van der Waals surface area contributed by atoms with Gasteiger partial charge in [0.05, 0.1) is 18.7 Å². The molecule has 1 fully saturated rings. The fraction of sp³-hybridized carbons (Fsp3) is 0.320. The lowest BCUT2D eigenvalue weighted by Crippen LogP contribution is -2.47. The highest BCUT2D eigenvalue weighted by molar-refractivity contribution is 5.96. The second-order valence-corrected chi connectivity index (χ2v) is 8.22. The summed E-state index contributed by atoms with van der Waals surface area (Å²) in [5.74, 6) is 0.213. The summed E-state index contributed by atoms with van der Waals surface area (Å²) in [6.07, 6.45) is -2.94. The van der Waals surface area contributed by atoms with Crippen LogP contribution in [0.1, 0.15) is 34.5 Å². The zero-order valence-electron chi connectivity index (χ0n) is 19.4. The first kappa shape index (κ1) is 24.3. The van der Waals surface area contributed by atoms with Gasteiger partial charge in [-0.1, -0.05) is 36.4 Å². The molecule has 10 heteroatoms. The molecule has 0 unspecified atom stereocenters. The molecule has 1 saturated heterocycles. The van der Waals surface area contributed by atoms with Crippen molar-refractivity contribution in [1.82, 2.24) is 15.3 Å². The van der Waals surface area contributed by atoms with Gasteiger partial charge in [-0.25, -0.2) is 4.98 Å². The molecule has 1 aliphatic heterocycles. The predicted molar refractivity (Wildman–Crippen MR) is 127 cm³/mol. The average molecular weight is 486 g/mol. The highest BCUT2D eigenvalue weighted by Gasteiger charge is 2.31. The molecule has 35 heavy (non-hydrogen) atoms. The Morgan fingerprint density at radius 2 is 1.71 bits per heavy atom. The molecule has 3 aromatic rings. The van der Waals surface area contributed by atoms with Gasteiger partial charge in [0, 0.05) is 38.1 Å². The first-order valence-corrected chi connectivity index (χ1v) is 11.2. The molecule has 0 spiro atoms. The van der Waals surface area contributed by atoms with Crippen LogP contribution in [-0.4, -0.2) is 49.2 Å². The monoisotopic (exact) mass is 485 g/mol. The summed E-state index contributed by atoms with van der Waals surface area (Å²) < 4.78 is 44.5. The summed E-state index contributed by atoms with van der Waals surface area (Å²) >= 11 is 0. The van der Waals surface area contributed by atoms with Crippen molar-refractivity contribution in [1.29, 1.82) is 0 Å². The summed E-state index contributed by atoms with van der Waals surface area (Å²) in [6, 6.07) is 14.7. The van der Waals surface area contributed by atoms with Gasteiger partial charge < -0.3 is 19.9 Å². The Kier molecular flexibility index (Phi) is 7.09. The van der Waals surface area contributed by atoms with E-state index in [1.165, 1.54) is 25.4 Å². The Morgan fingerprint density at radius 3 is 2.37 bits per heavy atom. The van der Waals surface area contributed by atoms with Gasteiger partial charge in [0.1, 0.15) is 5.56 Å². The van der Waals surface area contributed by atoms with Gasteiger partial charge in [-0.3, -0.25) is 4.79 Å². The van der Waals surface area contributed by atoms with Gasteiger partial charge >= 0.3 is 6.18 Å². The quantitative estimate of drug-likeness (QED) is 0.561. The van der Waals surface area contributed by atoms with Crippen molar-refractivity contribution in [2.75, 3.05) is 43.1 Å². The molecule has 0 radical (unpaired) electrons. The van der Waals surface area contributed by atoms with E-state index in [-0.39, 0.29) is 23.4 Å². The minimum absolute atomic E-state index is 0.160. The molecule has 1 amide bonds. The Balaban J connectivity index is 1.42. The summed E-state index contributed by atoms with van der Waals surface area (Å²) in [5.41, 5.74) is 1.05. The van der Waals surface area contributed by atoms with E-state index in [0.717, 1.165) is 11.6 Å². The number of ether oxygens (including phenoxy) is 1. The van der Waals surface area contributed by atoms with Crippen LogP contribution >= 0.6 is 0 Å². The van der Waals surface area contributed by atoms with E-state index >= 15 is 0 Å². The van der Waals surface area contributed by atoms with Crippen molar-refractivity contribution in [2.45, 2.75) is 19.1 Å². The van der Waals surface area contributed by atoms with Gasteiger partial charge in [-0.2, -0.15) is 18.2 Å². The molecule has 4 rings (SSSR count). The molecule has 2 heterocycles. The standard InChI is InChI=1S/C25H26F3N5O2/c1-17(18-7-4-3-5-8-18)30-22(34)21-16-29-24(31-23(21)35-2)33-13-11-32(12-14-33)20-10-6-9-19(15-20)25(26,27)28/h3-10,15-17H,11-14H2,1-2H3,(H,30,34)/t17-/m0/s1. The number of nitrogens with zero attached hydrogens (tertiary/aromatic N) is 4. The van der Waals surface area contributed by atoms with Crippen LogP contribution in [0.15, 0.2) is 60.8 Å². The van der Waals surface area contributed by atoms with Crippen LogP contribution in [-0.2, 0) is 6.18 Å². The number of halogens is 3. The van der Waals surface area contributed by atoms with Crippen molar-refractivity contribution in [3.05, 3.63) is 77.5 Å². The number of aromatic nitrogens is 2. The highest BCUT2D eigenvalue weighted by atomic mass is 19.4. The average Bonchev–Trinajstić information content (AvgIpc) is 2.88. The number of carbonyl (C=O) groups is 1. The van der Waals surface area contributed by atoms with E-state index < -0.39 is 11.7 Å². The Hall–Kier alpha value is -3.82. The number of rotatable bonds is 6. The zero-order valence-corrected chi connectivity index (χ0v) is 19.4. The van der Waals surface area contributed by atoms with Crippen LogP contribution in [0, 0.1) is 0 Å². The Bertz CT molecular complexity index is 1170. The lowest BCUT2D eigenvalue weighted by Gasteiger charge is -2.36. The smallest absolute Gasteiger partial charge is 0.416 e. The van der Waals surface area contributed by atoms with Gasteiger partial charge in [0.2, 0.25) is 11.8 Å². The van der Waals surface area contributed by atoms with E-state index in [2.05, 4.69) is 15.3 Å². The van der Waals surface area contributed by atoms with Gasteiger partial charge in [0.15, 0.2) is 0 Å². The SMILES string of the molecule is COc1nc(N2CCN(c3cccc(C(F)(F)F)c3)CC2)ncc1C(=O)N[C@@H](C)c1ccccc1. The molecule has 1 N–H and O–H groups in total. The number of alkyl halides is 3. The number of hydrogen-bond acceptors (Lipinski definition) is 6. The lowest BCUT2D eigenvalue weighted by atomic mass is 10.1. The third-order valence-corrected chi connectivity index (χ3v) is 5.93. The Morgan fingerprint density at radius 1 is 1.03 bits per heavy atom.